The number of nitrogens with zero attached hydrogens (tertiary/aromatic N) is 1. The number of hydrogen-bond acceptors (Lipinski definition) is 3. The van der Waals surface area contributed by atoms with Gasteiger partial charge in [-0.3, -0.25) is 5.43 Å². The first-order chi connectivity index (χ1) is 12.0. The van der Waals surface area contributed by atoms with Crippen molar-refractivity contribution in [3.8, 4) is 5.75 Å². The van der Waals surface area contributed by atoms with Gasteiger partial charge in [0.05, 0.1) is 15.2 Å². The molecule has 8 heteroatoms. The average molecular weight is 506 g/mol. The fourth-order valence-corrected chi connectivity index (χ4v) is 3.67. The molecule has 0 atom stereocenters. The summed E-state index contributed by atoms with van der Waals surface area (Å²) >= 11 is 18.0. The number of halogens is 3. The van der Waals surface area contributed by atoms with E-state index in [1.807, 2.05) is 43.3 Å². The summed E-state index contributed by atoms with van der Waals surface area (Å²) < 4.78 is 7.55. The molecule has 2 aromatic carbocycles. The number of thiocarbonyl (C=S) groups is 1. The predicted molar refractivity (Wildman–Crippen MR) is 115 cm³/mol. The summed E-state index contributed by atoms with van der Waals surface area (Å²) in [6.45, 7) is 3.16. The van der Waals surface area contributed by atoms with Crippen LogP contribution in [-0.4, -0.2) is 17.9 Å². The molecule has 0 radical (unpaired) electrons. The van der Waals surface area contributed by atoms with E-state index in [-0.39, 0.29) is 0 Å². The summed E-state index contributed by atoms with van der Waals surface area (Å²) in [5.74, 6) is 0.725. The van der Waals surface area contributed by atoms with E-state index in [9.17, 15) is 0 Å². The molecule has 0 saturated carbocycles. The quantitative estimate of drug-likeness (QED) is 0.319. The lowest BCUT2D eigenvalue weighted by Crippen LogP contribution is -2.31. The molecule has 0 heterocycles. The smallest absolute Gasteiger partial charge is 0.186 e. The number of rotatable bonds is 6. The van der Waals surface area contributed by atoms with E-state index in [4.69, 9.17) is 28.6 Å². The zero-order valence-electron chi connectivity index (χ0n) is 13.4. The van der Waals surface area contributed by atoms with Crippen LogP contribution in [0.2, 0.25) is 5.02 Å². The molecular formula is C17H16Br2ClN3OS. The van der Waals surface area contributed by atoms with Crippen LogP contribution in [0.25, 0.3) is 0 Å². The molecule has 2 rings (SSSR count). The molecule has 0 fully saturated rings. The molecule has 0 spiro atoms. The van der Waals surface area contributed by atoms with Crippen LogP contribution < -0.4 is 15.5 Å². The van der Waals surface area contributed by atoms with Gasteiger partial charge in [0.2, 0.25) is 0 Å². The van der Waals surface area contributed by atoms with Gasteiger partial charge in [-0.05, 0) is 86.4 Å². The minimum Gasteiger partial charge on any atom is -0.487 e. The van der Waals surface area contributed by atoms with Gasteiger partial charge < -0.3 is 10.1 Å². The molecule has 25 heavy (non-hydrogen) atoms. The minimum atomic E-state index is 0.445. The second kappa shape index (κ2) is 10.1. The van der Waals surface area contributed by atoms with Crippen molar-refractivity contribution in [3.05, 3.63) is 61.5 Å². The lowest BCUT2D eigenvalue weighted by molar-refractivity contribution is 0.302. The number of nitrogens with one attached hydrogen (secondary N) is 2. The lowest BCUT2D eigenvalue weighted by atomic mass is 10.2. The van der Waals surface area contributed by atoms with Crippen molar-refractivity contribution in [2.24, 2.45) is 5.10 Å². The van der Waals surface area contributed by atoms with Gasteiger partial charge in [-0.15, -0.1) is 0 Å². The molecule has 0 aliphatic heterocycles. The maximum atomic E-state index is 5.90. The molecule has 2 aromatic rings. The van der Waals surface area contributed by atoms with E-state index in [1.54, 1.807) is 6.21 Å². The second-order valence-corrected chi connectivity index (χ2v) is 7.51. The average Bonchev–Trinajstić information content (AvgIpc) is 2.56. The van der Waals surface area contributed by atoms with Gasteiger partial charge in [-0.25, -0.2) is 0 Å². The molecule has 0 aliphatic rings. The third-order valence-corrected chi connectivity index (χ3v) is 4.70. The van der Waals surface area contributed by atoms with Crippen LogP contribution in [0.4, 0.5) is 0 Å². The molecule has 4 nitrogen and oxygen atoms in total. The van der Waals surface area contributed by atoms with E-state index in [1.165, 1.54) is 0 Å². The minimum absolute atomic E-state index is 0.445. The van der Waals surface area contributed by atoms with Gasteiger partial charge in [0, 0.05) is 11.6 Å². The van der Waals surface area contributed by atoms with Crippen LogP contribution in [0.5, 0.6) is 5.75 Å². The van der Waals surface area contributed by atoms with E-state index in [0.717, 1.165) is 32.4 Å². The van der Waals surface area contributed by atoms with Gasteiger partial charge in [0.25, 0.3) is 0 Å². The fraction of sp³-hybridized carbons (Fsp3) is 0.176. The molecule has 2 N–H and O–H groups in total. The molecule has 0 unspecified atom stereocenters. The Kier molecular flexibility index (Phi) is 8.15. The highest BCUT2D eigenvalue weighted by Crippen LogP contribution is 2.35. The van der Waals surface area contributed by atoms with Crippen LogP contribution in [0.15, 0.2) is 50.4 Å². The van der Waals surface area contributed by atoms with Gasteiger partial charge in [0.1, 0.15) is 12.4 Å². The maximum absolute atomic E-state index is 5.90. The van der Waals surface area contributed by atoms with Gasteiger partial charge in [0.15, 0.2) is 5.11 Å². The molecule has 0 amide bonds. The summed E-state index contributed by atoms with van der Waals surface area (Å²) in [6, 6.07) is 11.4. The van der Waals surface area contributed by atoms with Crippen LogP contribution >= 0.6 is 55.7 Å². The Labute approximate surface area is 174 Å². The number of ether oxygens (including phenoxy) is 1. The maximum Gasteiger partial charge on any atom is 0.186 e. The van der Waals surface area contributed by atoms with Gasteiger partial charge >= 0.3 is 0 Å². The Balaban J connectivity index is 2.02. The van der Waals surface area contributed by atoms with Crippen LogP contribution in [-0.2, 0) is 6.61 Å². The molecule has 0 aliphatic carbocycles. The van der Waals surface area contributed by atoms with E-state index in [2.05, 4.69) is 47.7 Å². The summed E-state index contributed by atoms with van der Waals surface area (Å²) in [5, 5.41) is 8.25. The SMILES string of the molecule is CCNC(=S)N/N=C\c1cc(Br)c(OCc2ccc(Cl)cc2)c(Br)c1. The normalized spacial score (nSPS) is 10.7. The van der Waals surface area contributed by atoms with E-state index < -0.39 is 0 Å². The van der Waals surface area contributed by atoms with Gasteiger partial charge in [-0.2, -0.15) is 5.10 Å². The topological polar surface area (TPSA) is 45.7 Å². The Hall–Kier alpha value is -1.15. The Morgan fingerprint density at radius 2 is 1.88 bits per heavy atom. The van der Waals surface area contributed by atoms with E-state index >= 15 is 0 Å². The molecule has 132 valence electrons. The third-order valence-electron chi connectivity index (χ3n) is 3.03. The van der Waals surface area contributed by atoms with Crippen LogP contribution in [0.1, 0.15) is 18.1 Å². The molecule has 0 saturated heterocycles. The first-order valence-corrected chi connectivity index (χ1v) is 9.80. The highest BCUT2D eigenvalue weighted by atomic mass is 79.9. The van der Waals surface area contributed by atoms with Gasteiger partial charge in [-0.1, -0.05) is 23.7 Å². The third kappa shape index (κ3) is 6.58. The molecule has 0 bridgehead atoms. The number of hydrogen-bond donors (Lipinski definition) is 2. The fourth-order valence-electron chi connectivity index (χ4n) is 1.89. The monoisotopic (exact) mass is 503 g/mol. The molecule has 0 aromatic heterocycles. The van der Waals surface area contributed by atoms with Crippen molar-refractivity contribution in [2.45, 2.75) is 13.5 Å². The largest absolute Gasteiger partial charge is 0.487 e. The second-order valence-electron chi connectivity index (χ2n) is 4.96. The highest BCUT2D eigenvalue weighted by molar-refractivity contribution is 9.11. The summed E-state index contributed by atoms with van der Waals surface area (Å²) in [6.07, 6.45) is 1.68. The number of hydrazone groups is 1. The van der Waals surface area contributed by atoms with Crippen molar-refractivity contribution in [3.63, 3.8) is 0 Å². The Morgan fingerprint density at radius 3 is 2.48 bits per heavy atom. The van der Waals surface area contributed by atoms with Crippen molar-refractivity contribution in [1.82, 2.24) is 10.7 Å². The Morgan fingerprint density at radius 1 is 1.24 bits per heavy atom. The lowest BCUT2D eigenvalue weighted by Gasteiger charge is -2.11. The summed E-state index contributed by atoms with van der Waals surface area (Å²) in [7, 11) is 0. The van der Waals surface area contributed by atoms with Crippen molar-refractivity contribution >= 4 is 67.0 Å². The first kappa shape index (κ1) is 20.2. The molecular weight excluding hydrogens is 490 g/mol. The highest BCUT2D eigenvalue weighted by Gasteiger charge is 2.09. The zero-order chi connectivity index (χ0) is 18.2. The first-order valence-electron chi connectivity index (χ1n) is 7.42. The van der Waals surface area contributed by atoms with E-state index in [0.29, 0.717) is 16.7 Å². The summed E-state index contributed by atoms with van der Waals surface area (Å²) in [4.78, 5) is 0. The van der Waals surface area contributed by atoms with Crippen molar-refractivity contribution in [2.75, 3.05) is 6.54 Å². The van der Waals surface area contributed by atoms with Crippen molar-refractivity contribution in [1.29, 1.82) is 0 Å². The summed E-state index contributed by atoms with van der Waals surface area (Å²) in [5.41, 5.74) is 4.68. The van der Waals surface area contributed by atoms with Crippen LogP contribution in [0.3, 0.4) is 0 Å². The predicted octanol–water partition coefficient (Wildman–Crippen LogP) is 5.26. The zero-order valence-corrected chi connectivity index (χ0v) is 18.1. The van der Waals surface area contributed by atoms with Crippen LogP contribution in [0, 0.1) is 0 Å². The number of benzene rings is 2. The standard InChI is InChI=1S/C17H16Br2ClN3OS/c1-2-21-17(25)23-22-9-12-7-14(18)16(15(19)8-12)24-10-11-3-5-13(20)6-4-11/h3-9H,2,10H2,1H3,(H2,21,23,25)/b22-9-. The Bertz CT molecular complexity index is 746. The van der Waals surface area contributed by atoms with Crippen molar-refractivity contribution < 1.29 is 4.74 Å².